The smallest absolute Gasteiger partial charge is 0.130 e. The van der Waals surface area contributed by atoms with Crippen molar-refractivity contribution in [1.29, 1.82) is 0 Å². The molecule has 94 valence electrons. The van der Waals surface area contributed by atoms with Crippen LogP contribution >= 0.6 is 0 Å². The van der Waals surface area contributed by atoms with Crippen LogP contribution in [0.3, 0.4) is 0 Å². The van der Waals surface area contributed by atoms with Gasteiger partial charge in [0.2, 0.25) is 0 Å². The highest BCUT2D eigenvalue weighted by atomic mass is 16.5. The Hall–Kier alpha value is -1.16. The van der Waals surface area contributed by atoms with Crippen LogP contribution in [0.5, 0.6) is 0 Å². The van der Waals surface area contributed by atoms with E-state index in [0.717, 1.165) is 24.5 Å². The van der Waals surface area contributed by atoms with E-state index < -0.39 is 0 Å². The molecule has 4 nitrogen and oxygen atoms in total. The summed E-state index contributed by atoms with van der Waals surface area (Å²) in [6, 6.07) is 2.03. The minimum Gasteiger partial charge on any atom is -0.376 e. The van der Waals surface area contributed by atoms with Crippen molar-refractivity contribution in [3.8, 4) is 0 Å². The molecule has 1 aromatic rings. The summed E-state index contributed by atoms with van der Waals surface area (Å²) in [6.07, 6.45) is 2.84. The fourth-order valence-corrected chi connectivity index (χ4v) is 2.05. The Kier molecular flexibility index (Phi) is 3.33. The van der Waals surface area contributed by atoms with Crippen LogP contribution in [0.25, 0.3) is 0 Å². The molecule has 0 amide bonds. The molecule has 2 atom stereocenters. The van der Waals surface area contributed by atoms with E-state index in [0.29, 0.717) is 5.92 Å². The molecule has 0 spiro atoms. The molecule has 17 heavy (non-hydrogen) atoms. The van der Waals surface area contributed by atoms with Gasteiger partial charge >= 0.3 is 0 Å². The molecule has 2 heterocycles. The van der Waals surface area contributed by atoms with Gasteiger partial charge in [-0.2, -0.15) is 0 Å². The third-order valence-corrected chi connectivity index (χ3v) is 3.58. The maximum Gasteiger partial charge on any atom is 0.130 e. The lowest BCUT2D eigenvalue weighted by molar-refractivity contribution is 0.105. The third kappa shape index (κ3) is 2.57. The van der Waals surface area contributed by atoms with E-state index in [1.807, 2.05) is 6.07 Å². The van der Waals surface area contributed by atoms with Crippen LogP contribution < -0.4 is 5.32 Å². The molecule has 1 aliphatic heterocycles. The van der Waals surface area contributed by atoms with Gasteiger partial charge in [0, 0.05) is 18.4 Å². The van der Waals surface area contributed by atoms with Crippen molar-refractivity contribution >= 4 is 5.82 Å². The Bertz CT molecular complexity index is 394. The molecule has 0 aromatic carbocycles. The lowest BCUT2D eigenvalue weighted by Crippen LogP contribution is -2.41. The summed E-state index contributed by atoms with van der Waals surface area (Å²) in [7, 11) is 0. The van der Waals surface area contributed by atoms with Crippen LogP contribution in [0.15, 0.2) is 12.4 Å². The van der Waals surface area contributed by atoms with Crippen molar-refractivity contribution in [3.05, 3.63) is 18.1 Å². The van der Waals surface area contributed by atoms with E-state index in [1.54, 1.807) is 6.33 Å². The summed E-state index contributed by atoms with van der Waals surface area (Å²) in [5.41, 5.74) is 1.04. The Morgan fingerprint density at radius 3 is 2.82 bits per heavy atom. The first-order valence-corrected chi connectivity index (χ1v) is 6.23. The lowest BCUT2D eigenvalue weighted by atomic mass is 9.94. The Labute approximate surface area is 103 Å². The first-order chi connectivity index (χ1) is 8.01. The van der Waals surface area contributed by atoms with E-state index in [9.17, 15) is 0 Å². The molecule has 0 saturated carbocycles. The number of ether oxygens (including phenoxy) is 1. The van der Waals surface area contributed by atoms with E-state index in [-0.39, 0.29) is 11.6 Å². The van der Waals surface area contributed by atoms with Gasteiger partial charge in [0.15, 0.2) is 0 Å². The second-order valence-corrected chi connectivity index (χ2v) is 5.29. The molecule has 0 bridgehead atoms. The second kappa shape index (κ2) is 4.61. The minimum absolute atomic E-state index is 0.0252. The van der Waals surface area contributed by atoms with Gasteiger partial charge < -0.3 is 10.1 Å². The number of hydrogen-bond donors (Lipinski definition) is 1. The highest BCUT2D eigenvalue weighted by molar-refractivity contribution is 5.39. The van der Waals surface area contributed by atoms with Crippen LogP contribution in [-0.4, -0.2) is 28.2 Å². The fourth-order valence-electron chi connectivity index (χ4n) is 2.05. The zero-order valence-electron chi connectivity index (χ0n) is 11.0. The average molecular weight is 235 g/mol. The predicted molar refractivity (Wildman–Crippen MR) is 68.2 cm³/mol. The van der Waals surface area contributed by atoms with Crippen LogP contribution in [0, 0.1) is 0 Å². The molecule has 1 N–H and O–H groups in total. The Balaban J connectivity index is 2.15. The fraction of sp³-hybridized carbons (Fsp3) is 0.692. The van der Waals surface area contributed by atoms with Crippen molar-refractivity contribution in [2.24, 2.45) is 0 Å². The third-order valence-electron chi connectivity index (χ3n) is 3.58. The molecule has 4 heteroatoms. The normalized spacial score (nSPS) is 28.6. The van der Waals surface area contributed by atoms with Crippen LogP contribution in [0.2, 0.25) is 0 Å². The molecule has 1 aromatic heterocycles. The molecular formula is C13H21N3O. The van der Waals surface area contributed by atoms with Crippen molar-refractivity contribution in [2.75, 3.05) is 11.9 Å². The summed E-state index contributed by atoms with van der Waals surface area (Å²) in [6.45, 7) is 9.36. The zero-order valence-corrected chi connectivity index (χ0v) is 11.0. The van der Waals surface area contributed by atoms with Crippen molar-refractivity contribution in [1.82, 2.24) is 9.97 Å². The summed E-state index contributed by atoms with van der Waals surface area (Å²) in [4.78, 5) is 8.56. The van der Waals surface area contributed by atoms with Gasteiger partial charge in [-0.3, -0.25) is 0 Å². The maximum atomic E-state index is 5.61. The van der Waals surface area contributed by atoms with Gasteiger partial charge in [0.05, 0.1) is 11.6 Å². The average Bonchev–Trinajstić information content (AvgIpc) is 2.59. The van der Waals surface area contributed by atoms with Gasteiger partial charge in [-0.05, 0) is 26.2 Å². The number of nitrogens with one attached hydrogen (secondary N) is 1. The molecule has 2 unspecified atom stereocenters. The van der Waals surface area contributed by atoms with Crippen molar-refractivity contribution in [2.45, 2.75) is 51.7 Å². The number of anilines is 1. The summed E-state index contributed by atoms with van der Waals surface area (Å²) < 4.78 is 5.61. The maximum absolute atomic E-state index is 5.61. The summed E-state index contributed by atoms with van der Waals surface area (Å²) in [5, 5.41) is 3.49. The van der Waals surface area contributed by atoms with E-state index in [2.05, 4.69) is 43.0 Å². The SMILES string of the molecule is CC(C)c1cc(NC2(C)CCOC2C)ncn1. The molecule has 0 aliphatic carbocycles. The molecule has 1 aliphatic rings. The highest BCUT2D eigenvalue weighted by Crippen LogP contribution is 2.29. The Morgan fingerprint density at radius 1 is 1.47 bits per heavy atom. The summed E-state index contributed by atoms with van der Waals surface area (Å²) in [5.74, 6) is 1.31. The first-order valence-electron chi connectivity index (χ1n) is 6.23. The topological polar surface area (TPSA) is 47.0 Å². The van der Waals surface area contributed by atoms with Crippen LogP contribution in [-0.2, 0) is 4.74 Å². The van der Waals surface area contributed by atoms with E-state index in [4.69, 9.17) is 4.74 Å². The minimum atomic E-state index is -0.0252. The molecule has 1 saturated heterocycles. The lowest BCUT2D eigenvalue weighted by Gasteiger charge is -2.29. The van der Waals surface area contributed by atoms with Crippen LogP contribution in [0.4, 0.5) is 5.82 Å². The largest absolute Gasteiger partial charge is 0.376 e. The van der Waals surface area contributed by atoms with Crippen LogP contribution in [0.1, 0.15) is 45.7 Å². The van der Waals surface area contributed by atoms with E-state index in [1.165, 1.54) is 0 Å². The quantitative estimate of drug-likeness (QED) is 0.874. The zero-order chi connectivity index (χ0) is 12.5. The molecule has 0 radical (unpaired) electrons. The standard InChI is InChI=1S/C13H21N3O/c1-9(2)11-7-12(15-8-14-11)16-13(4)5-6-17-10(13)3/h7-10H,5-6H2,1-4H3,(H,14,15,16). The van der Waals surface area contributed by atoms with Crippen molar-refractivity contribution < 1.29 is 4.74 Å². The van der Waals surface area contributed by atoms with Crippen molar-refractivity contribution in [3.63, 3.8) is 0 Å². The molecular weight excluding hydrogens is 214 g/mol. The number of aromatic nitrogens is 2. The second-order valence-electron chi connectivity index (χ2n) is 5.29. The van der Waals surface area contributed by atoms with E-state index >= 15 is 0 Å². The molecule has 1 fully saturated rings. The first kappa shape index (κ1) is 12.3. The monoisotopic (exact) mass is 235 g/mol. The molecule has 2 rings (SSSR count). The van der Waals surface area contributed by atoms with Gasteiger partial charge in [0.25, 0.3) is 0 Å². The van der Waals surface area contributed by atoms with Gasteiger partial charge in [-0.1, -0.05) is 13.8 Å². The number of hydrogen-bond acceptors (Lipinski definition) is 4. The Morgan fingerprint density at radius 2 is 2.24 bits per heavy atom. The van der Waals surface area contributed by atoms with Gasteiger partial charge in [0.1, 0.15) is 12.1 Å². The van der Waals surface area contributed by atoms with Gasteiger partial charge in [-0.15, -0.1) is 0 Å². The number of nitrogens with zero attached hydrogens (tertiary/aromatic N) is 2. The summed E-state index contributed by atoms with van der Waals surface area (Å²) >= 11 is 0. The predicted octanol–water partition coefficient (Wildman–Crippen LogP) is 2.58. The highest BCUT2D eigenvalue weighted by Gasteiger charge is 2.37. The number of rotatable bonds is 3. The van der Waals surface area contributed by atoms with Gasteiger partial charge in [-0.25, -0.2) is 9.97 Å².